The molecule has 6 nitrogen and oxygen atoms in total. The van der Waals surface area contributed by atoms with Gasteiger partial charge in [-0.05, 0) is 18.1 Å². The summed E-state index contributed by atoms with van der Waals surface area (Å²) in [5, 5.41) is 9.15. The molecule has 3 N–H and O–H groups in total. The number of carboxylic acids is 1. The summed E-state index contributed by atoms with van der Waals surface area (Å²) < 4.78 is 5.42. The van der Waals surface area contributed by atoms with Gasteiger partial charge in [0.2, 0.25) is 5.91 Å². The fourth-order valence-corrected chi connectivity index (χ4v) is 2.11. The van der Waals surface area contributed by atoms with Crippen LogP contribution in [0.2, 0.25) is 0 Å². The van der Waals surface area contributed by atoms with E-state index in [1.54, 1.807) is 12.1 Å². The van der Waals surface area contributed by atoms with Crippen LogP contribution in [0.15, 0.2) is 18.2 Å². The maximum atomic E-state index is 12.4. The topological polar surface area (TPSA) is 92.9 Å². The van der Waals surface area contributed by atoms with E-state index in [9.17, 15) is 9.59 Å². The van der Waals surface area contributed by atoms with Gasteiger partial charge >= 0.3 is 5.97 Å². The van der Waals surface area contributed by atoms with Crippen molar-refractivity contribution in [2.75, 3.05) is 18.1 Å². The number of rotatable bonds is 3. The van der Waals surface area contributed by atoms with Crippen molar-refractivity contribution in [3.8, 4) is 5.75 Å². The number of fused-ring (bicyclic) bond motifs is 1. The molecule has 108 valence electrons. The van der Waals surface area contributed by atoms with Crippen LogP contribution in [0.4, 0.5) is 5.69 Å². The first-order valence-corrected chi connectivity index (χ1v) is 6.49. The number of para-hydroxylation sites is 1. The van der Waals surface area contributed by atoms with Gasteiger partial charge in [-0.2, -0.15) is 0 Å². The molecule has 0 saturated heterocycles. The highest BCUT2D eigenvalue weighted by Crippen LogP contribution is 2.35. The lowest BCUT2D eigenvalue weighted by molar-refractivity contribution is -0.120. The Labute approximate surface area is 117 Å². The van der Waals surface area contributed by atoms with Gasteiger partial charge in [0, 0.05) is 0 Å². The first kappa shape index (κ1) is 14.3. The first-order chi connectivity index (χ1) is 9.43. The normalized spacial score (nSPS) is 15.5. The van der Waals surface area contributed by atoms with Crippen molar-refractivity contribution >= 4 is 17.6 Å². The molecule has 0 saturated carbocycles. The van der Waals surface area contributed by atoms with Crippen LogP contribution in [0, 0.1) is 5.92 Å². The molecule has 0 fully saturated rings. The summed E-state index contributed by atoms with van der Waals surface area (Å²) in [6, 6.07) is 4.11. The third-order valence-corrected chi connectivity index (χ3v) is 3.35. The van der Waals surface area contributed by atoms with Gasteiger partial charge in [-0.3, -0.25) is 4.79 Å². The van der Waals surface area contributed by atoms with E-state index >= 15 is 0 Å². The fraction of sp³-hybridized carbons (Fsp3) is 0.429. The number of ether oxygens (including phenoxy) is 1. The monoisotopic (exact) mass is 278 g/mol. The zero-order valence-corrected chi connectivity index (χ0v) is 11.5. The van der Waals surface area contributed by atoms with E-state index in [1.807, 2.05) is 13.8 Å². The maximum Gasteiger partial charge on any atom is 0.339 e. The molecule has 20 heavy (non-hydrogen) atoms. The van der Waals surface area contributed by atoms with Gasteiger partial charge in [-0.25, -0.2) is 4.79 Å². The van der Waals surface area contributed by atoms with E-state index in [4.69, 9.17) is 15.6 Å². The summed E-state index contributed by atoms with van der Waals surface area (Å²) in [7, 11) is 0. The highest BCUT2D eigenvalue weighted by molar-refractivity contribution is 6.02. The quantitative estimate of drug-likeness (QED) is 0.863. The predicted octanol–water partition coefficient (Wildman–Crippen LogP) is 1.09. The number of carboxylic acid groups (broad SMARTS) is 1. The molecule has 0 aliphatic carbocycles. The molecule has 1 amide bonds. The van der Waals surface area contributed by atoms with Crippen molar-refractivity contribution in [3.05, 3.63) is 23.8 Å². The molecular formula is C14H18N2O4. The van der Waals surface area contributed by atoms with E-state index in [0.29, 0.717) is 12.2 Å². The summed E-state index contributed by atoms with van der Waals surface area (Å²) in [6.45, 7) is 4.37. The lowest BCUT2D eigenvalue weighted by atomic mass is 10.0. The zero-order chi connectivity index (χ0) is 14.9. The molecule has 2 rings (SSSR count). The molecule has 0 radical (unpaired) electrons. The molecule has 1 aromatic rings. The van der Waals surface area contributed by atoms with Crippen molar-refractivity contribution in [2.45, 2.75) is 19.9 Å². The summed E-state index contributed by atoms with van der Waals surface area (Å²) in [6.07, 6.45) is 0. The number of carbonyl (C=O) groups is 2. The summed E-state index contributed by atoms with van der Waals surface area (Å²) >= 11 is 0. The molecular weight excluding hydrogens is 260 g/mol. The van der Waals surface area contributed by atoms with Crippen LogP contribution in [0.25, 0.3) is 0 Å². The summed E-state index contributed by atoms with van der Waals surface area (Å²) in [4.78, 5) is 25.1. The van der Waals surface area contributed by atoms with Crippen molar-refractivity contribution in [3.63, 3.8) is 0 Å². The Balaban J connectivity index is 2.41. The van der Waals surface area contributed by atoms with E-state index < -0.39 is 12.0 Å². The Bertz CT molecular complexity index is 542. The second-order valence-corrected chi connectivity index (χ2v) is 5.07. The number of hydrogen-bond donors (Lipinski definition) is 2. The van der Waals surface area contributed by atoms with Gasteiger partial charge in [0.15, 0.2) is 5.75 Å². The van der Waals surface area contributed by atoms with Gasteiger partial charge in [0.1, 0.15) is 12.2 Å². The van der Waals surface area contributed by atoms with Crippen LogP contribution < -0.4 is 15.4 Å². The molecule has 1 atom stereocenters. The van der Waals surface area contributed by atoms with Gasteiger partial charge in [0.05, 0.1) is 18.3 Å². The Hall–Kier alpha value is -2.08. The largest absolute Gasteiger partial charge is 0.489 e. The molecule has 1 aliphatic heterocycles. The number of carbonyl (C=O) groups excluding carboxylic acids is 1. The minimum Gasteiger partial charge on any atom is -0.489 e. The lowest BCUT2D eigenvalue weighted by Gasteiger charge is -2.32. The Morgan fingerprint density at radius 3 is 2.70 bits per heavy atom. The Morgan fingerprint density at radius 2 is 2.10 bits per heavy atom. The maximum absolute atomic E-state index is 12.4. The third kappa shape index (κ3) is 2.46. The smallest absolute Gasteiger partial charge is 0.339 e. The molecule has 1 aliphatic rings. The Morgan fingerprint density at radius 1 is 1.40 bits per heavy atom. The summed E-state index contributed by atoms with van der Waals surface area (Å²) in [5.74, 6) is -1.05. The van der Waals surface area contributed by atoms with E-state index in [0.717, 1.165) is 0 Å². The standard InChI is InChI=1S/C14H18N2O4/c1-8(2)11(15)13(17)16-6-7-20-12-9(14(18)19)4-3-5-10(12)16/h3-5,8,11H,6-7,15H2,1-2H3,(H,18,19)/t11-/m1/s1. The van der Waals surface area contributed by atoms with Crippen LogP contribution >= 0.6 is 0 Å². The van der Waals surface area contributed by atoms with Gasteiger partial charge in [-0.1, -0.05) is 19.9 Å². The van der Waals surface area contributed by atoms with E-state index in [1.165, 1.54) is 11.0 Å². The van der Waals surface area contributed by atoms with Crippen molar-refractivity contribution in [2.24, 2.45) is 11.7 Å². The lowest BCUT2D eigenvalue weighted by Crippen LogP contribution is -2.49. The SMILES string of the molecule is CC(C)[C@@H](N)C(=O)N1CCOc2c(C(=O)O)cccc21. The molecule has 0 aromatic heterocycles. The van der Waals surface area contributed by atoms with Crippen molar-refractivity contribution < 1.29 is 19.4 Å². The molecule has 0 spiro atoms. The minimum absolute atomic E-state index is 0.0106. The molecule has 0 unspecified atom stereocenters. The number of nitrogens with zero attached hydrogens (tertiary/aromatic N) is 1. The van der Waals surface area contributed by atoms with E-state index in [2.05, 4.69) is 0 Å². The molecule has 1 heterocycles. The van der Waals surface area contributed by atoms with Gasteiger partial charge in [-0.15, -0.1) is 0 Å². The molecule has 0 bridgehead atoms. The van der Waals surface area contributed by atoms with Crippen molar-refractivity contribution in [1.82, 2.24) is 0 Å². The van der Waals surface area contributed by atoms with Crippen LogP contribution in [-0.2, 0) is 4.79 Å². The second-order valence-electron chi connectivity index (χ2n) is 5.07. The number of aromatic carboxylic acids is 1. The second kappa shape index (κ2) is 5.50. The number of anilines is 1. The van der Waals surface area contributed by atoms with E-state index in [-0.39, 0.29) is 29.7 Å². The number of benzene rings is 1. The van der Waals surface area contributed by atoms with Gasteiger partial charge < -0.3 is 20.5 Å². The highest BCUT2D eigenvalue weighted by atomic mass is 16.5. The van der Waals surface area contributed by atoms with Crippen LogP contribution in [0.5, 0.6) is 5.75 Å². The molecule has 1 aromatic carbocycles. The van der Waals surface area contributed by atoms with Gasteiger partial charge in [0.25, 0.3) is 0 Å². The average molecular weight is 278 g/mol. The fourth-order valence-electron chi connectivity index (χ4n) is 2.11. The number of nitrogens with two attached hydrogens (primary N) is 1. The average Bonchev–Trinajstić information content (AvgIpc) is 2.44. The molecule has 6 heteroatoms. The summed E-state index contributed by atoms with van der Waals surface area (Å²) in [5.41, 5.74) is 6.42. The predicted molar refractivity (Wildman–Crippen MR) is 74.1 cm³/mol. The zero-order valence-electron chi connectivity index (χ0n) is 11.5. The van der Waals surface area contributed by atoms with Crippen LogP contribution in [0.1, 0.15) is 24.2 Å². The van der Waals surface area contributed by atoms with Crippen molar-refractivity contribution in [1.29, 1.82) is 0 Å². The van der Waals surface area contributed by atoms with Crippen LogP contribution in [0.3, 0.4) is 0 Å². The first-order valence-electron chi connectivity index (χ1n) is 6.49. The highest BCUT2D eigenvalue weighted by Gasteiger charge is 2.31. The minimum atomic E-state index is -1.08. The number of amides is 1. The third-order valence-electron chi connectivity index (χ3n) is 3.35. The Kier molecular flexibility index (Phi) is 3.94. The number of hydrogen-bond acceptors (Lipinski definition) is 4. The van der Waals surface area contributed by atoms with Crippen LogP contribution in [-0.4, -0.2) is 36.2 Å².